The van der Waals surface area contributed by atoms with Crippen molar-refractivity contribution in [3.63, 3.8) is 0 Å². The van der Waals surface area contributed by atoms with Crippen LogP contribution in [0.2, 0.25) is 0 Å². The molecule has 28 heavy (non-hydrogen) atoms. The van der Waals surface area contributed by atoms with Gasteiger partial charge >= 0.3 is 0 Å². The molecule has 3 rings (SSSR count). The van der Waals surface area contributed by atoms with Crippen molar-refractivity contribution in [2.75, 3.05) is 7.05 Å². The van der Waals surface area contributed by atoms with Crippen LogP contribution < -0.4 is 10.6 Å². The number of ether oxygens (including phenoxy) is 1. The molecule has 0 radical (unpaired) electrons. The summed E-state index contributed by atoms with van der Waals surface area (Å²) in [4.78, 5) is 12.5. The standard InChI is InChI=1S/C22H26N4O2/c1-23-21(20-13-25-26(2)14-20)22(27)24-12-18-9-6-10-19(11-18)16-28-15-17-7-4-3-5-8-17/h3-11,13-14,21,23H,12,15-16H2,1-2H3,(H,24,27). The fourth-order valence-electron chi connectivity index (χ4n) is 3.02. The Hall–Kier alpha value is -2.96. The number of likely N-dealkylation sites (N-methyl/N-ethyl adjacent to an activating group) is 1. The number of hydrogen-bond acceptors (Lipinski definition) is 4. The Kier molecular flexibility index (Phi) is 6.94. The third kappa shape index (κ3) is 5.52. The van der Waals surface area contributed by atoms with Crippen molar-refractivity contribution in [3.8, 4) is 0 Å². The van der Waals surface area contributed by atoms with Gasteiger partial charge in [0.2, 0.25) is 5.91 Å². The molecule has 0 aliphatic heterocycles. The van der Waals surface area contributed by atoms with E-state index in [1.54, 1.807) is 17.9 Å². The molecule has 0 saturated heterocycles. The first kappa shape index (κ1) is 19.8. The predicted molar refractivity (Wildman–Crippen MR) is 108 cm³/mol. The van der Waals surface area contributed by atoms with Crippen molar-refractivity contribution in [2.45, 2.75) is 25.8 Å². The van der Waals surface area contributed by atoms with Crippen molar-refractivity contribution in [1.29, 1.82) is 0 Å². The van der Waals surface area contributed by atoms with Gasteiger partial charge in [0.1, 0.15) is 6.04 Å². The van der Waals surface area contributed by atoms with E-state index < -0.39 is 6.04 Å². The van der Waals surface area contributed by atoms with Gasteiger partial charge in [-0.15, -0.1) is 0 Å². The Morgan fingerprint density at radius 1 is 1.07 bits per heavy atom. The van der Waals surface area contributed by atoms with Gasteiger partial charge in [-0.2, -0.15) is 5.10 Å². The molecule has 146 valence electrons. The van der Waals surface area contributed by atoms with E-state index >= 15 is 0 Å². The predicted octanol–water partition coefficient (Wildman–Crippen LogP) is 2.71. The summed E-state index contributed by atoms with van der Waals surface area (Å²) in [5.74, 6) is -0.0822. The summed E-state index contributed by atoms with van der Waals surface area (Å²) < 4.78 is 7.48. The number of aryl methyl sites for hydroxylation is 1. The van der Waals surface area contributed by atoms with Crippen molar-refractivity contribution in [2.24, 2.45) is 7.05 Å². The molecule has 1 aromatic heterocycles. The van der Waals surface area contributed by atoms with Crippen LogP contribution in [0.25, 0.3) is 0 Å². The van der Waals surface area contributed by atoms with Crippen molar-refractivity contribution >= 4 is 5.91 Å². The van der Waals surface area contributed by atoms with Gasteiger partial charge in [-0.05, 0) is 23.7 Å². The first-order valence-electron chi connectivity index (χ1n) is 9.28. The highest BCUT2D eigenvalue weighted by atomic mass is 16.5. The molecule has 0 saturated carbocycles. The van der Waals surface area contributed by atoms with Crippen LogP contribution >= 0.6 is 0 Å². The topological polar surface area (TPSA) is 68.2 Å². The summed E-state index contributed by atoms with van der Waals surface area (Å²) in [6.45, 7) is 1.58. The van der Waals surface area contributed by atoms with Crippen LogP contribution in [0.15, 0.2) is 67.0 Å². The van der Waals surface area contributed by atoms with Crippen LogP contribution in [0.4, 0.5) is 0 Å². The van der Waals surface area contributed by atoms with Crippen LogP contribution in [0.3, 0.4) is 0 Å². The molecule has 3 aromatic rings. The summed E-state index contributed by atoms with van der Waals surface area (Å²) in [6.07, 6.45) is 3.54. The van der Waals surface area contributed by atoms with Crippen LogP contribution in [-0.2, 0) is 36.3 Å². The fraction of sp³-hybridized carbons (Fsp3) is 0.273. The molecule has 1 atom stereocenters. The molecule has 0 spiro atoms. The van der Waals surface area contributed by atoms with Crippen molar-refractivity contribution in [3.05, 3.63) is 89.2 Å². The van der Waals surface area contributed by atoms with Crippen molar-refractivity contribution < 1.29 is 9.53 Å². The normalized spacial score (nSPS) is 11.9. The molecule has 0 aliphatic carbocycles. The van der Waals surface area contributed by atoms with E-state index in [2.05, 4.69) is 21.8 Å². The molecule has 1 amide bonds. The van der Waals surface area contributed by atoms with E-state index in [0.29, 0.717) is 19.8 Å². The van der Waals surface area contributed by atoms with Gasteiger partial charge in [0.05, 0.1) is 19.4 Å². The van der Waals surface area contributed by atoms with E-state index in [1.165, 1.54) is 0 Å². The summed E-state index contributed by atoms with van der Waals surface area (Å²) in [6, 6.07) is 17.8. The van der Waals surface area contributed by atoms with E-state index in [1.807, 2.05) is 61.8 Å². The van der Waals surface area contributed by atoms with Crippen LogP contribution in [0, 0.1) is 0 Å². The zero-order valence-electron chi connectivity index (χ0n) is 16.3. The SMILES string of the molecule is CNC(C(=O)NCc1cccc(COCc2ccccc2)c1)c1cnn(C)c1. The Labute approximate surface area is 165 Å². The maximum Gasteiger partial charge on any atom is 0.242 e. The molecular formula is C22H26N4O2. The number of carbonyl (C=O) groups excluding carboxylic acids is 1. The Bertz CT molecular complexity index is 892. The lowest BCUT2D eigenvalue weighted by Crippen LogP contribution is -2.35. The summed E-state index contributed by atoms with van der Waals surface area (Å²) in [5.41, 5.74) is 4.11. The second-order valence-electron chi connectivity index (χ2n) is 6.69. The van der Waals surface area contributed by atoms with Gasteiger partial charge in [-0.25, -0.2) is 0 Å². The van der Waals surface area contributed by atoms with E-state index in [-0.39, 0.29) is 5.91 Å². The number of rotatable bonds is 9. The highest BCUT2D eigenvalue weighted by molar-refractivity contribution is 5.83. The fourth-order valence-corrected chi connectivity index (χ4v) is 3.02. The van der Waals surface area contributed by atoms with E-state index in [9.17, 15) is 4.79 Å². The highest BCUT2D eigenvalue weighted by Crippen LogP contribution is 2.13. The van der Waals surface area contributed by atoms with E-state index in [4.69, 9.17) is 4.74 Å². The number of aromatic nitrogens is 2. The van der Waals surface area contributed by atoms with Crippen molar-refractivity contribution in [1.82, 2.24) is 20.4 Å². The lowest BCUT2D eigenvalue weighted by atomic mass is 10.1. The summed E-state index contributed by atoms with van der Waals surface area (Å²) >= 11 is 0. The molecule has 0 fully saturated rings. The Morgan fingerprint density at radius 3 is 2.50 bits per heavy atom. The lowest BCUT2D eigenvalue weighted by Gasteiger charge is -2.15. The number of nitrogens with one attached hydrogen (secondary N) is 2. The molecule has 2 N–H and O–H groups in total. The number of amides is 1. The zero-order chi connectivity index (χ0) is 19.8. The first-order chi connectivity index (χ1) is 13.7. The minimum Gasteiger partial charge on any atom is -0.372 e. The smallest absolute Gasteiger partial charge is 0.242 e. The maximum atomic E-state index is 12.5. The first-order valence-corrected chi connectivity index (χ1v) is 9.28. The van der Waals surface area contributed by atoms with Gasteiger partial charge in [-0.3, -0.25) is 9.48 Å². The summed E-state index contributed by atoms with van der Waals surface area (Å²) in [7, 11) is 3.60. The second kappa shape index (κ2) is 9.82. The van der Waals surface area contributed by atoms with Crippen LogP contribution in [0.1, 0.15) is 28.3 Å². The number of nitrogens with zero attached hydrogens (tertiary/aromatic N) is 2. The lowest BCUT2D eigenvalue weighted by molar-refractivity contribution is -0.123. The molecule has 1 heterocycles. The number of carbonyl (C=O) groups is 1. The maximum absolute atomic E-state index is 12.5. The summed E-state index contributed by atoms with van der Waals surface area (Å²) in [5, 5.41) is 10.2. The van der Waals surface area contributed by atoms with Gasteiger partial charge in [0.25, 0.3) is 0 Å². The molecule has 6 nitrogen and oxygen atoms in total. The van der Waals surface area contributed by atoms with Gasteiger partial charge in [-0.1, -0.05) is 54.6 Å². The highest BCUT2D eigenvalue weighted by Gasteiger charge is 2.19. The Balaban J connectivity index is 1.51. The van der Waals surface area contributed by atoms with Crippen LogP contribution in [0.5, 0.6) is 0 Å². The van der Waals surface area contributed by atoms with Gasteiger partial charge < -0.3 is 15.4 Å². The minimum atomic E-state index is -0.425. The van der Waals surface area contributed by atoms with Gasteiger partial charge in [0, 0.05) is 25.4 Å². The number of benzene rings is 2. The average Bonchev–Trinajstić information content (AvgIpc) is 3.14. The minimum absolute atomic E-state index is 0.0822. The molecule has 0 bridgehead atoms. The molecule has 2 aromatic carbocycles. The average molecular weight is 378 g/mol. The van der Waals surface area contributed by atoms with E-state index in [0.717, 1.165) is 22.3 Å². The zero-order valence-corrected chi connectivity index (χ0v) is 16.3. The monoisotopic (exact) mass is 378 g/mol. The molecular weight excluding hydrogens is 352 g/mol. The second-order valence-corrected chi connectivity index (χ2v) is 6.69. The Morgan fingerprint density at radius 2 is 1.79 bits per heavy atom. The number of hydrogen-bond donors (Lipinski definition) is 2. The molecule has 6 heteroatoms. The van der Waals surface area contributed by atoms with Gasteiger partial charge in [0.15, 0.2) is 0 Å². The quantitative estimate of drug-likeness (QED) is 0.601. The third-order valence-corrected chi connectivity index (χ3v) is 4.45. The van der Waals surface area contributed by atoms with Crippen LogP contribution in [-0.4, -0.2) is 22.7 Å². The molecule has 1 unspecified atom stereocenters. The third-order valence-electron chi connectivity index (χ3n) is 4.45. The molecule has 0 aliphatic rings. The largest absolute Gasteiger partial charge is 0.372 e.